The van der Waals surface area contributed by atoms with Crippen molar-refractivity contribution in [2.24, 2.45) is 10.2 Å². The van der Waals surface area contributed by atoms with Crippen LogP contribution < -0.4 is 4.72 Å². The number of aryl methyl sites for hydroxylation is 1. The lowest BCUT2D eigenvalue weighted by Gasteiger charge is -2.16. The Hall–Kier alpha value is -3.71. The SMILES string of the molecule is Cc1ncc2c(N=Nc3cc(C(=O)N(C)C)c(O)c4cccc(NS(C)(=O)=O)c34)snc2n1. The topological polar surface area (TPSA) is 150 Å². The zero-order valence-corrected chi connectivity index (χ0v) is 19.7. The van der Waals surface area contributed by atoms with Crippen LogP contribution in [0.25, 0.3) is 21.8 Å². The van der Waals surface area contributed by atoms with E-state index < -0.39 is 15.9 Å². The van der Waals surface area contributed by atoms with Gasteiger partial charge in [0.25, 0.3) is 5.91 Å². The Kier molecular flexibility index (Phi) is 5.68. The molecule has 2 aromatic heterocycles. The predicted molar refractivity (Wildman–Crippen MR) is 126 cm³/mol. The van der Waals surface area contributed by atoms with E-state index in [4.69, 9.17) is 0 Å². The first-order chi connectivity index (χ1) is 15.5. The first kappa shape index (κ1) is 22.5. The van der Waals surface area contributed by atoms with Gasteiger partial charge in [0.2, 0.25) is 10.0 Å². The van der Waals surface area contributed by atoms with Crippen LogP contribution in [-0.4, -0.2) is 59.0 Å². The number of azo groups is 1. The van der Waals surface area contributed by atoms with Crippen LogP contribution in [0.15, 0.2) is 40.7 Å². The zero-order valence-electron chi connectivity index (χ0n) is 18.1. The molecule has 2 aromatic carbocycles. The lowest BCUT2D eigenvalue weighted by molar-refractivity contribution is 0.0825. The molecular formula is C20H19N7O4S2. The van der Waals surface area contributed by atoms with Gasteiger partial charge in [0.1, 0.15) is 11.6 Å². The Bertz CT molecular complexity index is 1550. The maximum atomic E-state index is 12.7. The van der Waals surface area contributed by atoms with Crippen molar-refractivity contribution in [2.75, 3.05) is 25.1 Å². The molecule has 0 unspecified atom stereocenters. The maximum absolute atomic E-state index is 12.7. The molecule has 11 nitrogen and oxygen atoms in total. The number of carbonyl (C=O) groups excluding carboxylic acids is 1. The Morgan fingerprint density at radius 3 is 2.67 bits per heavy atom. The number of aromatic hydroxyl groups is 1. The molecule has 0 aliphatic rings. The summed E-state index contributed by atoms with van der Waals surface area (Å²) in [5.74, 6) is -0.157. The quantitative estimate of drug-likeness (QED) is 0.409. The fourth-order valence-corrected chi connectivity index (χ4v) is 4.40. The molecule has 2 heterocycles. The summed E-state index contributed by atoms with van der Waals surface area (Å²) in [7, 11) is -0.521. The third-order valence-corrected chi connectivity index (χ3v) is 5.96. The number of benzene rings is 2. The molecule has 2 N–H and O–H groups in total. The van der Waals surface area contributed by atoms with E-state index in [2.05, 4.69) is 29.3 Å². The fourth-order valence-electron chi connectivity index (χ4n) is 3.20. The highest BCUT2D eigenvalue weighted by atomic mass is 32.2. The third-order valence-electron chi connectivity index (χ3n) is 4.63. The van der Waals surface area contributed by atoms with Crippen molar-refractivity contribution in [2.45, 2.75) is 6.92 Å². The van der Waals surface area contributed by atoms with Crippen molar-refractivity contribution in [3.8, 4) is 5.75 Å². The highest BCUT2D eigenvalue weighted by Gasteiger charge is 2.21. The maximum Gasteiger partial charge on any atom is 0.257 e. The Balaban J connectivity index is 1.96. The van der Waals surface area contributed by atoms with Crippen molar-refractivity contribution in [1.29, 1.82) is 0 Å². The van der Waals surface area contributed by atoms with Crippen LogP contribution >= 0.6 is 11.5 Å². The molecule has 4 rings (SSSR count). The summed E-state index contributed by atoms with van der Waals surface area (Å²) >= 11 is 1.08. The van der Waals surface area contributed by atoms with Crippen molar-refractivity contribution in [1.82, 2.24) is 19.2 Å². The Labute approximate surface area is 193 Å². The lowest BCUT2D eigenvalue weighted by atomic mass is 10.0. The zero-order chi connectivity index (χ0) is 23.9. The highest BCUT2D eigenvalue weighted by molar-refractivity contribution is 7.92. The van der Waals surface area contributed by atoms with E-state index in [1.165, 1.54) is 17.0 Å². The van der Waals surface area contributed by atoms with Crippen molar-refractivity contribution in [3.05, 3.63) is 41.9 Å². The minimum absolute atomic E-state index is 0.00563. The summed E-state index contributed by atoms with van der Waals surface area (Å²) in [6, 6.07) is 6.05. The van der Waals surface area contributed by atoms with E-state index in [0.29, 0.717) is 27.2 Å². The first-order valence-electron chi connectivity index (χ1n) is 9.54. The summed E-state index contributed by atoms with van der Waals surface area (Å²) in [6.45, 7) is 1.75. The number of phenols is 1. The second-order valence-electron chi connectivity index (χ2n) is 7.44. The van der Waals surface area contributed by atoms with Crippen LogP contribution in [0.3, 0.4) is 0 Å². The summed E-state index contributed by atoms with van der Waals surface area (Å²) in [6.07, 6.45) is 2.62. The number of sulfonamides is 1. The molecule has 170 valence electrons. The van der Waals surface area contributed by atoms with Gasteiger partial charge in [-0.2, -0.15) is 4.37 Å². The minimum Gasteiger partial charge on any atom is -0.506 e. The van der Waals surface area contributed by atoms with E-state index in [1.807, 2.05) is 0 Å². The van der Waals surface area contributed by atoms with Gasteiger partial charge in [-0.05, 0) is 30.6 Å². The third kappa shape index (κ3) is 4.45. The van der Waals surface area contributed by atoms with Gasteiger partial charge in [-0.1, -0.05) is 12.1 Å². The Morgan fingerprint density at radius 1 is 1.21 bits per heavy atom. The van der Waals surface area contributed by atoms with Crippen LogP contribution in [0, 0.1) is 6.92 Å². The fraction of sp³-hybridized carbons (Fsp3) is 0.200. The highest BCUT2D eigenvalue weighted by Crippen LogP contribution is 2.42. The molecule has 0 aliphatic heterocycles. The molecule has 4 aromatic rings. The van der Waals surface area contributed by atoms with E-state index in [0.717, 1.165) is 17.8 Å². The van der Waals surface area contributed by atoms with Gasteiger partial charge >= 0.3 is 0 Å². The molecule has 0 bridgehead atoms. The van der Waals surface area contributed by atoms with Crippen LogP contribution in [-0.2, 0) is 10.0 Å². The molecule has 0 fully saturated rings. The van der Waals surface area contributed by atoms with Crippen molar-refractivity contribution < 1.29 is 18.3 Å². The van der Waals surface area contributed by atoms with Crippen molar-refractivity contribution >= 4 is 65.6 Å². The van der Waals surface area contributed by atoms with Gasteiger partial charge in [0.05, 0.1) is 28.6 Å². The summed E-state index contributed by atoms with van der Waals surface area (Å²) in [5, 5.41) is 21.0. The number of fused-ring (bicyclic) bond motifs is 2. The molecule has 0 radical (unpaired) electrons. The van der Waals surface area contributed by atoms with Crippen LogP contribution in [0.5, 0.6) is 5.75 Å². The van der Waals surface area contributed by atoms with Gasteiger partial charge in [0, 0.05) is 31.1 Å². The van der Waals surface area contributed by atoms with Crippen LogP contribution in [0.2, 0.25) is 0 Å². The monoisotopic (exact) mass is 485 g/mol. The summed E-state index contributed by atoms with van der Waals surface area (Å²) < 4.78 is 30.5. The molecule has 0 spiro atoms. The molecule has 1 amide bonds. The number of carbonyl (C=O) groups is 1. The number of nitrogens with zero attached hydrogens (tertiary/aromatic N) is 6. The van der Waals surface area contributed by atoms with E-state index >= 15 is 0 Å². The van der Waals surface area contributed by atoms with E-state index in [9.17, 15) is 18.3 Å². The normalized spacial score (nSPS) is 12.0. The van der Waals surface area contributed by atoms with Gasteiger partial charge in [-0.25, -0.2) is 18.4 Å². The number of hydrogen-bond acceptors (Lipinski definition) is 10. The minimum atomic E-state index is -3.63. The first-order valence-corrected chi connectivity index (χ1v) is 12.2. The summed E-state index contributed by atoms with van der Waals surface area (Å²) in [5.41, 5.74) is 0.872. The number of aromatic nitrogens is 3. The molecule has 0 aliphatic carbocycles. The molecular weight excluding hydrogens is 466 g/mol. The molecule has 0 atom stereocenters. The molecule has 0 saturated carbocycles. The number of amides is 1. The number of hydrogen-bond donors (Lipinski definition) is 2. The smallest absolute Gasteiger partial charge is 0.257 e. The van der Waals surface area contributed by atoms with Crippen LogP contribution in [0.4, 0.5) is 16.4 Å². The average molecular weight is 486 g/mol. The number of phenolic OH excluding ortho intramolecular Hbond substituents is 1. The predicted octanol–water partition coefficient (Wildman–Crippen LogP) is 3.74. The van der Waals surface area contributed by atoms with E-state index in [-0.39, 0.29) is 28.1 Å². The van der Waals surface area contributed by atoms with Gasteiger partial charge < -0.3 is 10.0 Å². The van der Waals surface area contributed by atoms with Gasteiger partial charge in [-0.3, -0.25) is 9.52 Å². The second kappa shape index (κ2) is 8.33. The van der Waals surface area contributed by atoms with Gasteiger partial charge in [-0.15, -0.1) is 10.2 Å². The lowest BCUT2D eigenvalue weighted by Crippen LogP contribution is -2.21. The number of anilines is 1. The number of nitrogens with one attached hydrogen (secondary N) is 1. The van der Waals surface area contributed by atoms with Crippen molar-refractivity contribution in [3.63, 3.8) is 0 Å². The summed E-state index contributed by atoms with van der Waals surface area (Å²) in [4.78, 5) is 22.4. The van der Waals surface area contributed by atoms with E-state index in [1.54, 1.807) is 39.3 Å². The molecule has 0 saturated heterocycles. The second-order valence-corrected chi connectivity index (χ2v) is 9.94. The van der Waals surface area contributed by atoms with Gasteiger partial charge in [0.15, 0.2) is 10.6 Å². The van der Waals surface area contributed by atoms with Crippen LogP contribution in [0.1, 0.15) is 16.2 Å². The average Bonchev–Trinajstić information content (AvgIpc) is 3.13. The molecule has 13 heteroatoms. The standard InChI is InChI=1S/C20H19N7O4S2/c1-10-21-9-13-18(22-10)25-32-19(13)24-23-15-8-12(20(29)27(2)3)17(28)11-6-5-7-14(16(11)15)26-33(4,30)31/h5-9,26,28H,1-4H3. The largest absolute Gasteiger partial charge is 0.506 e. The Morgan fingerprint density at radius 2 is 1.97 bits per heavy atom. The molecule has 33 heavy (non-hydrogen) atoms. The number of rotatable bonds is 5.